The van der Waals surface area contributed by atoms with Gasteiger partial charge in [0, 0.05) is 27.5 Å². The molecule has 0 unspecified atom stereocenters. The third-order valence-electron chi connectivity index (χ3n) is 14.8. The van der Waals surface area contributed by atoms with Crippen LogP contribution in [-0.4, -0.2) is 15.0 Å². The van der Waals surface area contributed by atoms with Gasteiger partial charge in [0.1, 0.15) is 0 Å². The maximum Gasteiger partial charge on any atom is 0.164 e. The molecule has 1 aromatic heterocycles. The molecule has 57 heavy (non-hydrogen) atoms. The van der Waals surface area contributed by atoms with E-state index in [1.165, 1.54) is 70.3 Å². The van der Waals surface area contributed by atoms with Crippen molar-refractivity contribution in [3.8, 4) is 45.3 Å². The van der Waals surface area contributed by atoms with E-state index >= 15 is 0 Å². The van der Waals surface area contributed by atoms with Crippen molar-refractivity contribution in [1.29, 1.82) is 0 Å². The first-order valence-electron chi connectivity index (χ1n) is 21.0. The van der Waals surface area contributed by atoms with Gasteiger partial charge in [-0.2, -0.15) is 0 Å². The van der Waals surface area contributed by atoms with Crippen LogP contribution in [0.2, 0.25) is 0 Å². The van der Waals surface area contributed by atoms with Gasteiger partial charge in [-0.3, -0.25) is 0 Å². The van der Waals surface area contributed by atoms with Crippen molar-refractivity contribution in [2.75, 3.05) is 0 Å². The Morgan fingerprint density at radius 2 is 0.912 bits per heavy atom. The molecule has 8 aromatic rings. The van der Waals surface area contributed by atoms with E-state index in [-0.39, 0.29) is 10.8 Å². The molecular weight excluding hydrogens is 691 g/mol. The highest BCUT2D eigenvalue weighted by Gasteiger charge is 2.62. The Kier molecular flexibility index (Phi) is 7.16. The molecule has 4 bridgehead atoms. The Balaban J connectivity index is 0.956. The van der Waals surface area contributed by atoms with Gasteiger partial charge in [0.05, 0.1) is 0 Å². The summed E-state index contributed by atoms with van der Waals surface area (Å²) in [6, 6.07) is 55.8. The predicted octanol–water partition coefficient (Wildman–Crippen LogP) is 13.2. The third kappa shape index (κ3) is 4.94. The normalized spacial score (nSPS) is 23.8. The van der Waals surface area contributed by atoms with E-state index in [9.17, 15) is 0 Å². The average molecular weight is 736 g/mol. The molecule has 276 valence electrons. The van der Waals surface area contributed by atoms with Crippen LogP contribution in [0.25, 0.3) is 66.8 Å². The molecule has 3 nitrogen and oxygen atoms in total. The van der Waals surface area contributed by atoms with Crippen LogP contribution in [0.3, 0.4) is 0 Å². The van der Waals surface area contributed by atoms with Gasteiger partial charge in [0.25, 0.3) is 0 Å². The van der Waals surface area contributed by atoms with E-state index in [1.54, 1.807) is 16.7 Å². The summed E-state index contributed by atoms with van der Waals surface area (Å²) in [5, 5.41) is 4.90. The van der Waals surface area contributed by atoms with Crippen molar-refractivity contribution in [1.82, 2.24) is 15.0 Å². The molecule has 7 aromatic carbocycles. The summed E-state index contributed by atoms with van der Waals surface area (Å²) in [4.78, 5) is 15.3. The number of rotatable bonds is 4. The molecule has 4 saturated carbocycles. The fourth-order valence-electron chi connectivity index (χ4n) is 12.4. The monoisotopic (exact) mass is 735 g/mol. The minimum Gasteiger partial charge on any atom is -0.208 e. The van der Waals surface area contributed by atoms with Crippen LogP contribution in [0.1, 0.15) is 68.2 Å². The second-order valence-electron chi connectivity index (χ2n) is 18.1. The molecule has 5 aliphatic carbocycles. The lowest BCUT2D eigenvalue weighted by Crippen LogP contribution is -2.58. The van der Waals surface area contributed by atoms with E-state index in [1.807, 2.05) is 18.2 Å². The quantitative estimate of drug-likeness (QED) is 0.169. The SMILES string of the molecule is CC1(C)c2ccccc2C2(c3cc(-c4ccc(-c5nc(-c6ccccc6)nc(-c6ccc7c(ccc8ccccc87)c6)n5)cc4)ccc31)C1CC3CC(C1)CC2C3. The summed E-state index contributed by atoms with van der Waals surface area (Å²) in [6.07, 6.45) is 7.00. The second-order valence-corrected chi connectivity index (χ2v) is 18.1. The Morgan fingerprint density at radius 1 is 0.386 bits per heavy atom. The number of aromatic nitrogens is 3. The lowest BCUT2D eigenvalue weighted by molar-refractivity contribution is -0.0443. The van der Waals surface area contributed by atoms with Crippen molar-refractivity contribution in [3.63, 3.8) is 0 Å². The Hall–Kier alpha value is -5.93. The highest BCUT2D eigenvalue weighted by atomic mass is 15.0. The van der Waals surface area contributed by atoms with Crippen molar-refractivity contribution in [2.45, 2.75) is 56.8 Å². The van der Waals surface area contributed by atoms with Crippen LogP contribution in [-0.2, 0) is 10.8 Å². The molecule has 0 aliphatic heterocycles. The Bertz CT molecular complexity index is 2860. The van der Waals surface area contributed by atoms with E-state index in [0.29, 0.717) is 17.5 Å². The van der Waals surface area contributed by atoms with Crippen molar-refractivity contribution < 1.29 is 0 Å². The molecule has 0 atom stereocenters. The summed E-state index contributed by atoms with van der Waals surface area (Å²) in [5.41, 5.74) is 11.9. The van der Waals surface area contributed by atoms with Crippen molar-refractivity contribution in [3.05, 3.63) is 174 Å². The van der Waals surface area contributed by atoms with Crippen molar-refractivity contribution in [2.24, 2.45) is 23.7 Å². The number of hydrogen-bond donors (Lipinski definition) is 0. The standard InChI is InChI=1S/C54H45N3/c1-53(2)46-14-8-9-15-48(46)54(42-27-33-26-34(29-42)30-43(54)28-33)49-32-39(23-25-47(49)53)35-16-19-38(20-17-35)51-55-50(37-11-4-3-5-12-37)56-52(57-51)41-22-24-45-40(31-41)21-18-36-10-6-7-13-44(36)45/h3-25,31-34,42-43H,26-30H2,1-2H3. The van der Waals surface area contributed by atoms with Crippen LogP contribution in [0.15, 0.2) is 152 Å². The highest BCUT2D eigenvalue weighted by Crippen LogP contribution is 2.68. The van der Waals surface area contributed by atoms with E-state index < -0.39 is 0 Å². The van der Waals surface area contributed by atoms with Crippen molar-refractivity contribution >= 4 is 21.5 Å². The highest BCUT2D eigenvalue weighted by molar-refractivity contribution is 6.08. The molecule has 3 heteroatoms. The zero-order chi connectivity index (χ0) is 37.9. The van der Waals surface area contributed by atoms with Crippen LogP contribution < -0.4 is 0 Å². The minimum absolute atomic E-state index is 0.0418. The maximum atomic E-state index is 5.14. The maximum absolute atomic E-state index is 5.14. The smallest absolute Gasteiger partial charge is 0.164 e. The van der Waals surface area contributed by atoms with Crippen LogP contribution in [0.5, 0.6) is 0 Å². The molecule has 0 saturated heterocycles. The van der Waals surface area contributed by atoms with E-state index in [2.05, 4.69) is 147 Å². The molecule has 5 aliphatic rings. The van der Waals surface area contributed by atoms with Gasteiger partial charge in [-0.15, -0.1) is 0 Å². The molecule has 0 radical (unpaired) electrons. The lowest BCUT2D eigenvalue weighted by Gasteiger charge is -2.64. The average Bonchev–Trinajstić information content (AvgIpc) is 3.26. The zero-order valence-electron chi connectivity index (χ0n) is 32.6. The second kappa shape index (κ2) is 12.3. The van der Waals surface area contributed by atoms with Crippen LogP contribution in [0, 0.1) is 23.7 Å². The fraction of sp³-hybridized carbons (Fsp3) is 0.241. The van der Waals surface area contributed by atoms with Gasteiger partial charge in [-0.1, -0.05) is 153 Å². The summed E-state index contributed by atoms with van der Waals surface area (Å²) >= 11 is 0. The van der Waals surface area contributed by atoms with Gasteiger partial charge in [-0.25, -0.2) is 15.0 Å². The number of fused-ring (bicyclic) bond motifs is 5. The summed E-state index contributed by atoms with van der Waals surface area (Å²) in [5.74, 6) is 5.31. The zero-order valence-corrected chi connectivity index (χ0v) is 32.6. The Morgan fingerprint density at radius 3 is 1.65 bits per heavy atom. The van der Waals surface area contributed by atoms with Gasteiger partial charge < -0.3 is 0 Å². The third-order valence-corrected chi connectivity index (χ3v) is 14.8. The molecular formula is C54H45N3. The predicted molar refractivity (Wildman–Crippen MR) is 233 cm³/mol. The number of benzene rings is 7. The molecule has 13 rings (SSSR count). The molecule has 4 fully saturated rings. The number of hydrogen-bond acceptors (Lipinski definition) is 3. The van der Waals surface area contributed by atoms with Gasteiger partial charge in [0.2, 0.25) is 0 Å². The first kappa shape index (κ1) is 33.2. The van der Waals surface area contributed by atoms with E-state index in [4.69, 9.17) is 15.0 Å². The topological polar surface area (TPSA) is 38.7 Å². The van der Waals surface area contributed by atoms with E-state index in [0.717, 1.165) is 40.4 Å². The van der Waals surface area contributed by atoms with Gasteiger partial charge in [0.15, 0.2) is 17.5 Å². The largest absolute Gasteiger partial charge is 0.208 e. The lowest BCUT2D eigenvalue weighted by atomic mass is 9.39. The molecule has 0 N–H and O–H groups in total. The van der Waals surface area contributed by atoms with Gasteiger partial charge in [-0.05, 0) is 123 Å². The number of nitrogens with zero attached hydrogens (tertiary/aromatic N) is 3. The fourth-order valence-corrected chi connectivity index (χ4v) is 12.4. The summed E-state index contributed by atoms with van der Waals surface area (Å²) in [7, 11) is 0. The summed E-state index contributed by atoms with van der Waals surface area (Å²) in [6.45, 7) is 4.91. The van der Waals surface area contributed by atoms with Crippen LogP contribution in [0.4, 0.5) is 0 Å². The minimum atomic E-state index is -0.0418. The molecule has 1 spiro atoms. The summed E-state index contributed by atoms with van der Waals surface area (Å²) < 4.78 is 0. The molecule has 1 heterocycles. The first-order chi connectivity index (χ1) is 27.9. The first-order valence-corrected chi connectivity index (χ1v) is 21.0. The molecule has 0 amide bonds. The van der Waals surface area contributed by atoms with Gasteiger partial charge >= 0.3 is 0 Å². The van der Waals surface area contributed by atoms with Crippen LogP contribution >= 0.6 is 0 Å². The Labute approximate surface area is 334 Å².